The van der Waals surface area contributed by atoms with Crippen LogP contribution in [0.15, 0.2) is 30.3 Å². The van der Waals surface area contributed by atoms with Crippen molar-refractivity contribution in [2.45, 2.75) is 32.8 Å². The first-order chi connectivity index (χ1) is 10.8. The minimum absolute atomic E-state index is 0.111. The molecule has 1 aromatic rings. The van der Waals surface area contributed by atoms with Gasteiger partial charge in [0.15, 0.2) is 0 Å². The fourth-order valence-electron chi connectivity index (χ4n) is 3.05. The lowest BCUT2D eigenvalue weighted by Gasteiger charge is -2.41. The van der Waals surface area contributed by atoms with Crippen LogP contribution in [0.25, 0.3) is 0 Å². The fourth-order valence-corrected chi connectivity index (χ4v) is 4.91. The molecule has 23 heavy (non-hydrogen) atoms. The van der Waals surface area contributed by atoms with E-state index in [0.717, 1.165) is 18.4 Å². The van der Waals surface area contributed by atoms with Crippen LogP contribution in [0, 0.1) is 5.41 Å². The number of likely N-dealkylation sites (tertiary alicyclic amines) is 1. The van der Waals surface area contributed by atoms with Gasteiger partial charge in [-0.3, -0.25) is 0 Å². The predicted molar refractivity (Wildman–Crippen MR) is 89.8 cm³/mol. The molecular weight excluding hydrogens is 338 g/mol. The average Bonchev–Trinajstić information content (AvgIpc) is 2.52. The smallest absolute Gasteiger partial charge is 0.410 e. The number of carbonyl (C=O) groups is 1. The molecule has 1 aliphatic heterocycles. The van der Waals surface area contributed by atoms with Crippen molar-refractivity contribution < 1.29 is 17.9 Å². The van der Waals surface area contributed by atoms with Gasteiger partial charge in [0.25, 0.3) is 0 Å². The van der Waals surface area contributed by atoms with Crippen LogP contribution in [0.5, 0.6) is 0 Å². The molecule has 0 radical (unpaired) electrons. The highest BCUT2D eigenvalue weighted by atomic mass is 35.7. The molecule has 1 amide bonds. The van der Waals surface area contributed by atoms with Gasteiger partial charge in [0.05, 0.1) is 5.75 Å². The van der Waals surface area contributed by atoms with E-state index in [-0.39, 0.29) is 12.4 Å². The molecule has 1 aliphatic rings. The van der Waals surface area contributed by atoms with Crippen molar-refractivity contribution in [1.29, 1.82) is 0 Å². The van der Waals surface area contributed by atoms with Crippen molar-refractivity contribution in [2.75, 3.05) is 18.8 Å². The molecule has 1 atom stereocenters. The predicted octanol–water partition coefficient (Wildman–Crippen LogP) is 3.38. The second-order valence-corrected chi connectivity index (χ2v) is 8.88. The van der Waals surface area contributed by atoms with Crippen molar-refractivity contribution in [3.63, 3.8) is 0 Å². The molecule has 7 heteroatoms. The highest BCUT2D eigenvalue weighted by molar-refractivity contribution is 8.13. The van der Waals surface area contributed by atoms with E-state index in [1.165, 1.54) is 0 Å². The molecule has 0 saturated carbocycles. The van der Waals surface area contributed by atoms with E-state index in [9.17, 15) is 13.2 Å². The number of piperidine rings is 1. The Morgan fingerprint density at radius 1 is 1.35 bits per heavy atom. The van der Waals surface area contributed by atoms with Gasteiger partial charge in [-0.2, -0.15) is 0 Å². The number of amides is 1. The highest BCUT2D eigenvalue weighted by Gasteiger charge is 2.39. The van der Waals surface area contributed by atoms with Gasteiger partial charge in [0.1, 0.15) is 6.61 Å². The van der Waals surface area contributed by atoms with Crippen molar-refractivity contribution in [1.82, 2.24) is 4.90 Å². The summed E-state index contributed by atoms with van der Waals surface area (Å²) >= 11 is 0. The molecule has 0 N–H and O–H groups in total. The molecule has 1 heterocycles. The molecule has 1 aromatic carbocycles. The van der Waals surface area contributed by atoms with Crippen molar-refractivity contribution in [3.05, 3.63) is 35.9 Å². The Morgan fingerprint density at radius 3 is 2.65 bits per heavy atom. The lowest BCUT2D eigenvalue weighted by molar-refractivity contribution is 0.0571. The van der Waals surface area contributed by atoms with E-state index in [1.807, 2.05) is 37.3 Å². The molecule has 0 spiro atoms. The van der Waals surface area contributed by atoms with Crippen LogP contribution in [0.1, 0.15) is 31.7 Å². The van der Waals surface area contributed by atoms with Gasteiger partial charge >= 0.3 is 6.09 Å². The van der Waals surface area contributed by atoms with E-state index >= 15 is 0 Å². The summed E-state index contributed by atoms with van der Waals surface area (Å²) in [6.07, 6.45) is 1.75. The van der Waals surface area contributed by atoms with Crippen molar-refractivity contribution in [2.24, 2.45) is 5.41 Å². The quantitative estimate of drug-likeness (QED) is 0.756. The first-order valence-corrected chi connectivity index (χ1v) is 10.2. The van der Waals surface area contributed by atoms with Gasteiger partial charge in [-0.25, -0.2) is 13.2 Å². The van der Waals surface area contributed by atoms with E-state index in [4.69, 9.17) is 15.4 Å². The third-order valence-electron chi connectivity index (χ3n) is 4.35. The molecule has 0 aromatic heterocycles. The Kier molecular flexibility index (Phi) is 5.92. The van der Waals surface area contributed by atoms with Gasteiger partial charge in [-0.15, -0.1) is 0 Å². The summed E-state index contributed by atoms with van der Waals surface area (Å²) in [6, 6.07) is 9.45. The SMILES string of the molecule is CCC1(CS(=O)(=O)Cl)CCCN(C(=O)OCc2ccccc2)C1. The number of benzene rings is 1. The topological polar surface area (TPSA) is 63.7 Å². The second kappa shape index (κ2) is 7.53. The van der Waals surface area contributed by atoms with Gasteiger partial charge in [0.2, 0.25) is 9.05 Å². The number of ether oxygens (including phenoxy) is 1. The van der Waals surface area contributed by atoms with Crippen LogP contribution in [-0.4, -0.2) is 38.3 Å². The van der Waals surface area contributed by atoms with E-state index < -0.39 is 20.6 Å². The third kappa shape index (κ3) is 5.39. The Balaban J connectivity index is 1.98. The molecule has 1 unspecified atom stereocenters. The Labute approximate surface area is 142 Å². The van der Waals surface area contributed by atoms with Gasteiger partial charge < -0.3 is 9.64 Å². The summed E-state index contributed by atoms with van der Waals surface area (Å²) in [5, 5.41) is 0. The number of nitrogens with zero attached hydrogens (tertiary/aromatic N) is 1. The Morgan fingerprint density at radius 2 is 2.04 bits per heavy atom. The van der Waals surface area contributed by atoms with E-state index in [1.54, 1.807) is 4.90 Å². The fraction of sp³-hybridized carbons (Fsp3) is 0.562. The number of carbonyl (C=O) groups excluding carboxylic acids is 1. The summed E-state index contributed by atoms with van der Waals surface area (Å²) < 4.78 is 28.3. The summed E-state index contributed by atoms with van der Waals surface area (Å²) in [5.41, 5.74) is 0.438. The van der Waals surface area contributed by atoms with Gasteiger partial charge in [0, 0.05) is 29.2 Å². The zero-order chi connectivity index (χ0) is 16.9. The maximum absolute atomic E-state index is 12.3. The molecule has 1 fully saturated rings. The van der Waals surface area contributed by atoms with Crippen molar-refractivity contribution in [3.8, 4) is 0 Å². The van der Waals surface area contributed by atoms with Crippen LogP contribution in [-0.2, 0) is 20.4 Å². The normalized spacial score (nSPS) is 21.9. The summed E-state index contributed by atoms with van der Waals surface area (Å²) in [7, 11) is 1.84. The third-order valence-corrected chi connectivity index (χ3v) is 5.64. The minimum atomic E-state index is -3.61. The maximum atomic E-state index is 12.3. The van der Waals surface area contributed by atoms with Gasteiger partial charge in [-0.1, -0.05) is 37.3 Å². The number of halogens is 1. The summed E-state index contributed by atoms with van der Waals surface area (Å²) in [5.74, 6) is -0.111. The van der Waals surface area contributed by atoms with Crippen LogP contribution in [0.3, 0.4) is 0 Å². The molecular formula is C16H22ClNO4S. The number of rotatable bonds is 5. The summed E-state index contributed by atoms with van der Waals surface area (Å²) in [4.78, 5) is 13.9. The van der Waals surface area contributed by atoms with Crippen LogP contribution < -0.4 is 0 Å². The monoisotopic (exact) mass is 359 g/mol. The zero-order valence-electron chi connectivity index (χ0n) is 13.2. The molecule has 5 nitrogen and oxygen atoms in total. The molecule has 0 bridgehead atoms. The molecule has 1 saturated heterocycles. The second-order valence-electron chi connectivity index (χ2n) is 6.10. The van der Waals surface area contributed by atoms with Crippen LogP contribution in [0.2, 0.25) is 0 Å². The number of hydrogen-bond acceptors (Lipinski definition) is 4. The summed E-state index contributed by atoms with van der Waals surface area (Å²) in [6.45, 7) is 3.09. The van der Waals surface area contributed by atoms with E-state index in [0.29, 0.717) is 19.5 Å². The number of hydrogen-bond donors (Lipinski definition) is 0. The molecule has 0 aliphatic carbocycles. The Bertz CT molecular complexity index is 635. The first kappa shape index (κ1) is 18.1. The lowest BCUT2D eigenvalue weighted by Crippen LogP contribution is -2.48. The molecule has 128 valence electrons. The van der Waals surface area contributed by atoms with Gasteiger partial charge in [-0.05, 0) is 24.8 Å². The largest absolute Gasteiger partial charge is 0.445 e. The van der Waals surface area contributed by atoms with E-state index in [2.05, 4.69) is 0 Å². The first-order valence-electron chi connectivity index (χ1n) is 7.71. The average molecular weight is 360 g/mol. The highest BCUT2D eigenvalue weighted by Crippen LogP contribution is 2.36. The maximum Gasteiger partial charge on any atom is 0.410 e. The standard InChI is InChI=1S/C16H22ClNO4S/c1-2-16(13-23(17,20)21)9-6-10-18(12-16)15(19)22-11-14-7-4-3-5-8-14/h3-5,7-8H,2,6,9-13H2,1H3. The van der Waals surface area contributed by atoms with Crippen molar-refractivity contribution >= 4 is 25.8 Å². The zero-order valence-corrected chi connectivity index (χ0v) is 14.8. The Hall–Kier alpha value is -1.27. The van der Waals surface area contributed by atoms with Crippen LogP contribution >= 0.6 is 10.7 Å². The lowest BCUT2D eigenvalue weighted by atomic mass is 9.79. The minimum Gasteiger partial charge on any atom is -0.445 e. The molecule has 2 rings (SSSR count). The van der Waals surface area contributed by atoms with Crippen LogP contribution in [0.4, 0.5) is 4.79 Å².